The van der Waals surface area contributed by atoms with E-state index in [-0.39, 0.29) is 48.2 Å². The average molecular weight is 824 g/mol. The van der Waals surface area contributed by atoms with Crippen molar-refractivity contribution in [2.75, 3.05) is 68.3 Å². The van der Waals surface area contributed by atoms with E-state index in [1.165, 1.54) is 18.2 Å². The molecule has 0 aliphatic carbocycles. The lowest BCUT2D eigenvalue weighted by atomic mass is 10.0. The molecule has 316 valence electrons. The SMILES string of the molecule is Cc1c(NC(=O)CN2CCN(C(=O)CCCCCCCNCCNc3cccc4c3C(=O)N(C3CCC(=O)NC3=O)C4=O)CC2)c[nH]c1/C=C1\C(=O)Nc2ccc(F)cc21. The number of nitrogens with zero attached hydrogens (tertiary/aromatic N) is 3. The second-order valence-corrected chi connectivity index (χ2v) is 15.5. The number of carbonyl (C=O) groups is 7. The summed E-state index contributed by atoms with van der Waals surface area (Å²) >= 11 is 0. The van der Waals surface area contributed by atoms with E-state index in [1.807, 2.05) is 16.7 Å². The Hall–Kier alpha value is -6.20. The van der Waals surface area contributed by atoms with Gasteiger partial charge >= 0.3 is 0 Å². The normalized spacial score (nSPS) is 18.5. The zero-order valence-electron chi connectivity index (χ0n) is 33.6. The molecular weight excluding hydrogens is 774 g/mol. The number of piperazine rings is 1. The number of H-pyrrole nitrogens is 1. The number of aromatic nitrogens is 1. The molecule has 0 radical (unpaired) electrons. The molecule has 2 aromatic carbocycles. The molecule has 6 N–H and O–H groups in total. The molecule has 7 rings (SSSR count). The van der Waals surface area contributed by atoms with Gasteiger partial charge in [-0.2, -0.15) is 0 Å². The van der Waals surface area contributed by atoms with Gasteiger partial charge in [0.05, 0.1) is 28.9 Å². The summed E-state index contributed by atoms with van der Waals surface area (Å²) in [6.45, 7) is 6.35. The summed E-state index contributed by atoms with van der Waals surface area (Å²) in [5.74, 6) is -2.92. The van der Waals surface area contributed by atoms with Gasteiger partial charge in [0.2, 0.25) is 23.6 Å². The van der Waals surface area contributed by atoms with E-state index in [1.54, 1.807) is 30.5 Å². The molecule has 2 fully saturated rings. The summed E-state index contributed by atoms with van der Waals surface area (Å²) in [6.07, 6.45) is 8.83. The highest BCUT2D eigenvalue weighted by atomic mass is 19.1. The molecule has 0 spiro atoms. The monoisotopic (exact) mass is 823 g/mol. The molecule has 17 heteroatoms. The summed E-state index contributed by atoms with van der Waals surface area (Å²) in [7, 11) is 0. The number of fused-ring (bicyclic) bond motifs is 2. The third kappa shape index (κ3) is 9.47. The van der Waals surface area contributed by atoms with Crippen molar-refractivity contribution < 1.29 is 38.0 Å². The van der Waals surface area contributed by atoms with E-state index >= 15 is 0 Å². The molecule has 4 aliphatic rings. The lowest BCUT2D eigenvalue weighted by Gasteiger charge is -2.34. The summed E-state index contributed by atoms with van der Waals surface area (Å²) in [6, 6.07) is 8.14. The summed E-state index contributed by atoms with van der Waals surface area (Å²) in [5.41, 5.74) is 4.37. The topological polar surface area (TPSA) is 205 Å². The highest BCUT2D eigenvalue weighted by molar-refractivity contribution is 6.35. The van der Waals surface area contributed by atoms with Gasteiger partial charge in [-0.1, -0.05) is 25.3 Å². The standard InChI is InChI=1S/C43H50FN9O7/c1-26-33(23-30-29-22-27(44)11-12-31(29)49-40(30)57)47-24-34(26)48-37(55)25-51-18-20-52(21-19-51)38(56)10-5-3-2-4-6-15-45-16-17-46-32-9-7-8-28-39(32)43(60)53(42(28)59)35-13-14-36(54)50-41(35)58/h7-9,11-12,22-24,35,45-47H,2-6,10,13-21,25H2,1H3,(H,48,55)(H,49,57)(H,50,54,58)/b30-23-. The van der Waals surface area contributed by atoms with Crippen LogP contribution in [0.25, 0.3) is 11.6 Å². The maximum absolute atomic E-state index is 13.9. The Bertz CT molecular complexity index is 2230. The van der Waals surface area contributed by atoms with Crippen LogP contribution in [0, 0.1) is 12.7 Å². The highest BCUT2D eigenvalue weighted by Crippen LogP contribution is 2.35. The number of anilines is 3. The minimum absolute atomic E-state index is 0.0684. The quantitative estimate of drug-likeness (QED) is 0.0665. The first-order chi connectivity index (χ1) is 29.0. The van der Waals surface area contributed by atoms with E-state index in [9.17, 15) is 38.0 Å². The first-order valence-corrected chi connectivity index (χ1v) is 20.6. The lowest BCUT2D eigenvalue weighted by Crippen LogP contribution is -2.54. The van der Waals surface area contributed by atoms with Crippen molar-refractivity contribution >= 4 is 70.1 Å². The van der Waals surface area contributed by atoms with Gasteiger partial charge in [0.25, 0.3) is 17.7 Å². The Morgan fingerprint density at radius 1 is 0.867 bits per heavy atom. The number of aromatic amines is 1. The van der Waals surface area contributed by atoms with Crippen LogP contribution in [-0.4, -0.2) is 119 Å². The maximum Gasteiger partial charge on any atom is 0.264 e. The maximum atomic E-state index is 13.9. The minimum atomic E-state index is -1.00. The number of hydrogen-bond donors (Lipinski definition) is 6. The van der Waals surface area contributed by atoms with Gasteiger partial charge in [0, 0.05) is 80.9 Å². The smallest absolute Gasteiger partial charge is 0.264 e. The Labute approximate surface area is 346 Å². The van der Waals surface area contributed by atoms with Crippen LogP contribution < -0.4 is 26.6 Å². The van der Waals surface area contributed by atoms with Crippen LogP contribution >= 0.6 is 0 Å². The van der Waals surface area contributed by atoms with Gasteiger partial charge < -0.3 is 31.2 Å². The fourth-order valence-electron chi connectivity index (χ4n) is 8.07. The van der Waals surface area contributed by atoms with Crippen LogP contribution in [0.4, 0.5) is 21.5 Å². The van der Waals surface area contributed by atoms with Crippen molar-refractivity contribution in [1.82, 2.24) is 30.3 Å². The predicted octanol–water partition coefficient (Wildman–Crippen LogP) is 3.48. The molecule has 0 bridgehead atoms. The van der Waals surface area contributed by atoms with Crippen LogP contribution in [0.15, 0.2) is 42.6 Å². The number of unbranched alkanes of at least 4 members (excludes halogenated alkanes) is 4. The van der Waals surface area contributed by atoms with Crippen LogP contribution in [0.3, 0.4) is 0 Å². The van der Waals surface area contributed by atoms with Crippen molar-refractivity contribution in [1.29, 1.82) is 0 Å². The highest BCUT2D eigenvalue weighted by Gasteiger charge is 2.45. The van der Waals surface area contributed by atoms with Gasteiger partial charge in [-0.3, -0.25) is 48.7 Å². The van der Waals surface area contributed by atoms with E-state index in [0.717, 1.165) is 49.1 Å². The number of imide groups is 2. The van der Waals surface area contributed by atoms with Gasteiger partial charge in [0.1, 0.15) is 11.9 Å². The Morgan fingerprint density at radius 3 is 2.45 bits per heavy atom. The molecule has 60 heavy (non-hydrogen) atoms. The molecule has 1 aromatic heterocycles. The Balaban J connectivity index is 0.729. The number of hydrogen-bond acceptors (Lipinski definition) is 10. The summed E-state index contributed by atoms with van der Waals surface area (Å²) < 4.78 is 13.9. The number of amides is 7. The number of nitrogens with one attached hydrogen (secondary N) is 6. The zero-order valence-corrected chi connectivity index (χ0v) is 33.6. The van der Waals surface area contributed by atoms with Crippen molar-refractivity contribution in [2.45, 2.75) is 64.3 Å². The van der Waals surface area contributed by atoms with Gasteiger partial charge in [-0.05, 0) is 74.7 Å². The molecule has 2 saturated heterocycles. The van der Waals surface area contributed by atoms with E-state index < -0.39 is 35.5 Å². The second-order valence-electron chi connectivity index (χ2n) is 15.5. The second kappa shape index (κ2) is 18.8. The van der Waals surface area contributed by atoms with Crippen LogP contribution in [0.1, 0.15) is 88.9 Å². The van der Waals surface area contributed by atoms with Crippen molar-refractivity contribution in [3.05, 3.63) is 76.4 Å². The van der Waals surface area contributed by atoms with Gasteiger partial charge in [-0.15, -0.1) is 0 Å². The lowest BCUT2D eigenvalue weighted by molar-refractivity contribution is -0.136. The van der Waals surface area contributed by atoms with Crippen LogP contribution in [0.2, 0.25) is 0 Å². The molecule has 4 aliphatic heterocycles. The molecule has 7 amide bonds. The average Bonchev–Trinajstić information content (AvgIpc) is 3.82. The van der Waals surface area contributed by atoms with Crippen LogP contribution in [0.5, 0.6) is 0 Å². The first kappa shape index (κ1) is 41.9. The third-order valence-electron chi connectivity index (χ3n) is 11.4. The molecule has 0 saturated carbocycles. The fraction of sp³-hybridized carbons (Fsp3) is 0.419. The summed E-state index contributed by atoms with van der Waals surface area (Å²) in [5, 5.41) is 14.5. The third-order valence-corrected chi connectivity index (χ3v) is 11.4. The first-order valence-electron chi connectivity index (χ1n) is 20.6. The number of benzene rings is 2. The molecule has 16 nitrogen and oxygen atoms in total. The molecule has 3 aromatic rings. The Morgan fingerprint density at radius 2 is 1.65 bits per heavy atom. The fourth-order valence-corrected chi connectivity index (χ4v) is 8.07. The largest absolute Gasteiger partial charge is 0.383 e. The number of halogens is 1. The van der Waals surface area contributed by atoms with Crippen LogP contribution in [-0.2, 0) is 24.0 Å². The number of rotatable bonds is 17. The molecule has 1 atom stereocenters. The predicted molar refractivity (Wildman–Crippen MR) is 222 cm³/mol. The van der Waals surface area contributed by atoms with E-state index in [4.69, 9.17) is 0 Å². The molecule has 1 unspecified atom stereocenters. The number of piperidine rings is 1. The van der Waals surface area contributed by atoms with Gasteiger partial charge in [-0.25, -0.2) is 4.39 Å². The summed E-state index contributed by atoms with van der Waals surface area (Å²) in [4.78, 5) is 96.5. The molecule has 5 heterocycles. The van der Waals surface area contributed by atoms with Gasteiger partial charge in [0.15, 0.2) is 0 Å². The van der Waals surface area contributed by atoms with Crippen molar-refractivity contribution in [3.63, 3.8) is 0 Å². The molecular formula is C43H50FN9O7. The minimum Gasteiger partial charge on any atom is -0.383 e. The Kier molecular flexibility index (Phi) is 13.1. The number of carbonyl (C=O) groups excluding carboxylic acids is 7. The van der Waals surface area contributed by atoms with Crippen molar-refractivity contribution in [3.8, 4) is 0 Å². The van der Waals surface area contributed by atoms with E-state index in [0.29, 0.717) is 79.6 Å². The van der Waals surface area contributed by atoms with Crippen molar-refractivity contribution in [2.24, 2.45) is 0 Å². The van der Waals surface area contributed by atoms with E-state index in [2.05, 4.69) is 31.6 Å². The zero-order chi connectivity index (χ0) is 42.3.